The molecule has 0 amide bonds. The van der Waals surface area contributed by atoms with Gasteiger partial charge in [-0.3, -0.25) is 0 Å². The predicted octanol–water partition coefficient (Wildman–Crippen LogP) is 1.41. The van der Waals surface area contributed by atoms with Crippen molar-refractivity contribution in [1.82, 2.24) is 5.32 Å². The Labute approximate surface area is 91.0 Å². The zero-order valence-corrected chi connectivity index (χ0v) is 9.63. The van der Waals surface area contributed by atoms with Crippen molar-refractivity contribution >= 4 is 5.69 Å². The smallest absolute Gasteiger partial charge is 0.123 e. The van der Waals surface area contributed by atoms with Crippen LogP contribution in [0.25, 0.3) is 0 Å². The van der Waals surface area contributed by atoms with Gasteiger partial charge in [-0.2, -0.15) is 0 Å². The fourth-order valence-electron chi connectivity index (χ4n) is 2.17. The maximum absolute atomic E-state index is 5.39. The van der Waals surface area contributed by atoms with E-state index in [1.54, 1.807) is 7.11 Å². The summed E-state index contributed by atoms with van der Waals surface area (Å²) >= 11 is 0. The molecule has 82 valence electrons. The molecule has 0 aliphatic carbocycles. The Kier molecular flexibility index (Phi) is 2.82. The van der Waals surface area contributed by atoms with Crippen molar-refractivity contribution in [3.8, 4) is 5.75 Å². The maximum atomic E-state index is 5.39. The van der Waals surface area contributed by atoms with Crippen molar-refractivity contribution in [3.05, 3.63) is 23.3 Å². The summed E-state index contributed by atoms with van der Waals surface area (Å²) in [6.07, 6.45) is 1.08. The van der Waals surface area contributed by atoms with Crippen molar-refractivity contribution in [1.29, 1.82) is 0 Å². The van der Waals surface area contributed by atoms with Crippen molar-refractivity contribution in [2.24, 2.45) is 0 Å². The minimum atomic E-state index is 0.917. The molecule has 1 aliphatic heterocycles. The number of hydrogen-bond donors (Lipinski definition) is 1. The third-order valence-electron chi connectivity index (χ3n) is 2.92. The molecule has 0 atom stereocenters. The Hall–Kier alpha value is -1.22. The summed E-state index contributed by atoms with van der Waals surface area (Å²) in [5.41, 5.74) is 4.06. The van der Waals surface area contributed by atoms with Gasteiger partial charge in [0.2, 0.25) is 0 Å². The number of methoxy groups -OCH3 is 1. The van der Waals surface area contributed by atoms with Crippen molar-refractivity contribution < 1.29 is 4.74 Å². The predicted molar refractivity (Wildman–Crippen MR) is 62.7 cm³/mol. The van der Waals surface area contributed by atoms with E-state index in [9.17, 15) is 0 Å². The molecule has 0 unspecified atom stereocenters. The first-order valence-corrected chi connectivity index (χ1v) is 5.31. The van der Waals surface area contributed by atoms with Gasteiger partial charge in [0.25, 0.3) is 0 Å². The number of benzene rings is 1. The average molecular weight is 206 g/mol. The van der Waals surface area contributed by atoms with Gasteiger partial charge in [-0.1, -0.05) is 0 Å². The van der Waals surface area contributed by atoms with Gasteiger partial charge in [0, 0.05) is 31.9 Å². The zero-order valence-electron chi connectivity index (χ0n) is 9.63. The minimum absolute atomic E-state index is 0.917. The first-order valence-electron chi connectivity index (χ1n) is 5.31. The molecule has 2 rings (SSSR count). The molecule has 1 aromatic carbocycles. The van der Waals surface area contributed by atoms with Crippen LogP contribution in [0.1, 0.15) is 11.1 Å². The second kappa shape index (κ2) is 4.11. The van der Waals surface area contributed by atoms with E-state index >= 15 is 0 Å². The van der Waals surface area contributed by atoms with Crippen molar-refractivity contribution in [3.63, 3.8) is 0 Å². The summed E-state index contributed by atoms with van der Waals surface area (Å²) in [5, 5.41) is 3.38. The summed E-state index contributed by atoms with van der Waals surface area (Å²) in [5.74, 6) is 1.00. The van der Waals surface area contributed by atoms with Crippen LogP contribution in [0.4, 0.5) is 5.69 Å². The highest BCUT2D eigenvalue weighted by atomic mass is 16.5. The molecule has 0 spiro atoms. The van der Waals surface area contributed by atoms with Gasteiger partial charge in [-0.15, -0.1) is 0 Å². The van der Waals surface area contributed by atoms with Crippen LogP contribution in [0.15, 0.2) is 12.1 Å². The summed E-state index contributed by atoms with van der Waals surface area (Å²) in [6.45, 7) is 1.97. The summed E-state index contributed by atoms with van der Waals surface area (Å²) in [4.78, 5) is 2.17. The second-order valence-corrected chi connectivity index (χ2v) is 4.07. The molecule has 0 bridgehead atoms. The van der Waals surface area contributed by atoms with Gasteiger partial charge in [0.15, 0.2) is 0 Å². The molecule has 15 heavy (non-hydrogen) atoms. The first kappa shape index (κ1) is 10.3. The lowest BCUT2D eigenvalue weighted by molar-refractivity contribution is 0.405. The Morgan fingerprint density at radius 3 is 2.73 bits per heavy atom. The largest absolute Gasteiger partial charge is 0.496 e. The van der Waals surface area contributed by atoms with E-state index in [2.05, 4.69) is 36.4 Å². The normalized spacial score (nSPS) is 14.6. The average Bonchev–Trinajstić information content (AvgIpc) is 2.27. The SMILES string of the molecule is COc1ccc(N(C)C)c2c1CNCC2. The van der Waals surface area contributed by atoms with Gasteiger partial charge in [0.1, 0.15) is 5.75 Å². The molecule has 1 aromatic rings. The van der Waals surface area contributed by atoms with E-state index in [1.807, 2.05) is 0 Å². The topological polar surface area (TPSA) is 24.5 Å². The Balaban J connectivity index is 2.52. The zero-order chi connectivity index (χ0) is 10.8. The molecular weight excluding hydrogens is 188 g/mol. The fraction of sp³-hybridized carbons (Fsp3) is 0.500. The van der Waals surface area contributed by atoms with Gasteiger partial charge < -0.3 is 15.0 Å². The van der Waals surface area contributed by atoms with Crippen molar-refractivity contribution in [2.45, 2.75) is 13.0 Å². The number of ether oxygens (including phenoxy) is 1. The monoisotopic (exact) mass is 206 g/mol. The second-order valence-electron chi connectivity index (χ2n) is 4.07. The van der Waals surface area contributed by atoms with Crippen LogP contribution in [0, 0.1) is 0 Å². The lowest BCUT2D eigenvalue weighted by Gasteiger charge is -2.25. The van der Waals surface area contributed by atoms with Crippen LogP contribution in [0.2, 0.25) is 0 Å². The standard InChI is InChI=1S/C12H18N2O/c1-14(2)11-4-5-12(15-3)10-8-13-7-6-9(10)11/h4-5,13H,6-8H2,1-3H3. The van der Waals surface area contributed by atoms with Gasteiger partial charge in [-0.25, -0.2) is 0 Å². The van der Waals surface area contributed by atoms with Gasteiger partial charge >= 0.3 is 0 Å². The first-order chi connectivity index (χ1) is 7.24. The maximum Gasteiger partial charge on any atom is 0.123 e. The molecule has 1 aliphatic rings. The highest BCUT2D eigenvalue weighted by Gasteiger charge is 2.17. The molecule has 3 nitrogen and oxygen atoms in total. The minimum Gasteiger partial charge on any atom is -0.496 e. The fourth-order valence-corrected chi connectivity index (χ4v) is 2.17. The molecule has 1 N–H and O–H groups in total. The van der Waals surface area contributed by atoms with E-state index in [0.717, 1.165) is 25.3 Å². The van der Waals surface area contributed by atoms with Crippen LogP contribution in [-0.2, 0) is 13.0 Å². The number of hydrogen-bond acceptors (Lipinski definition) is 3. The Bertz CT molecular complexity index is 361. The van der Waals surface area contributed by atoms with E-state index in [-0.39, 0.29) is 0 Å². The highest BCUT2D eigenvalue weighted by Crippen LogP contribution is 2.32. The van der Waals surface area contributed by atoms with Crippen LogP contribution in [0.5, 0.6) is 5.75 Å². The number of nitrogens with zero attached hydrogens (tertiary/aromatic N) is 1. The van der Waals surface area contributed by atoms with Crippen LogP contribution in [-0.4, -0.2) is 27.7 Å². The Morgan fingerprint density at radius 2 is 2.07 bits per heavy atom. The van der Waals surface area contributed by atoms with E-state index in [0.29, 0.717) is 0 Å². The van der Waals surface area contributed by atoms with Gasteiger partial charge in [-0.05, 0) is 30.7 Å². The molecular formula is C12H18N2O. The number of fused-ring (bicyclic) bond motifs is 1. The number of nitrogens with one attached hydrogen (secondary N) is 1. The molecule has 0 aromatic heterocycles. The third kappa shape index (κ3) is 1.79. The van der Waals surface area contributed by atoms with E-state index in [4.69, 9.17) is 4.74 Å². The lowest BCUT2D eigenvalue weighted by atomic mass is 9.97. The Morgan fingerprint density at radius 1 is 1.27 bits per heavy atom. The molecule has 0 radical (unpaired) electrons. The molecule has 0 saturated carbocycles. The number of anilines is 1. The van der Waals surface area contributed by atoms with E-state index < -0.39 is 0 Å². The lowest BCUT2D eigenvalue weighted by Crippen LogP contribution is -2.26. The van der Waals surface area contributed by atoms with Crippen molar-refractivity contribution in [2.75, 3.05) is 32.6 Å². The summed E-state index contributed by atoms with van der Waals surface area (Å²) < 4.78 is 5.39. The molecule has 1 heterocycles. The van der Waals surface area contributed by atoms with Crippen LogP contribution >= 0.6 is 0 Å². The highest BCUT2D eigenvalue weighted by molar-refractivity contribution is 5.61. The number of rotatable bonds is 2. The quantitative estimate of drug-likeness (QED) is 0.791. The summed E-state index contributed by atoms with van der Waals surface area (Å²) in [7, 11) is 5.91. The molecule has 0 saturated heterocycles. The molecule has 0 fully saturated rings. The van der Waals surface area contributed by atoms with Gasteiger partial charge in [0.05, 0.1) is 7.11 Å². The third-order valence-corrected chi connectivity index (χ3v) is 2.92. The van der Waals surface area contributed by atoms with Crippen LogP contribution in [0.3, 0.4) is 0 Å². The van der Waals surface area contributed by atoms with E-state index in [1.165, 1.54) is 16.8 Å². The molecule has 3 heteroatoms. The van der Waals surface area contributed by atoms with Crippen LogP contribution < -0.4 is 15.0 Å². The summed E-state index contributed by atoms with van der Waals surface area (Å²) in [6, 6.07) is 4.20.